The Hall–Kier alpha value is -0.690. The van der Waals surface area contributed by atoms with Crippen LogP contribution in [0.4, 0.5) is 14.5 Å². The van der Waals surface area contributed by atoms with Crippen LogP contribution in [0.15, 0.2) is 29.2 Å². The summed E-state index contributed by atoms with van der Waals surface area (Å²) >= 11 is 3.44. The third-order valence-electron chi connectivity index (χ3n) is 2.88. The molecule has 0 spiro atoms. The van der Waals surface area contributed by atoms with Crippen LogP contribution in [0.25, 0.3) is 0 Å². The zero-order valence-electron chi connectivity index (χ0n) is 9.39. The van der Waals surface area contributed by atoms with Crippen molar-refractivity contribution < 1.29 is 17.2 Å². The van der Waals surface area contributed by atoms with Gasteiger partial charge < -0.3 is 4.90 Å². The molecule has 0 amide bonds. The molecule has 18 heavy (non-hydrogen) atoms. The molecular formula is C11H12BrF2NO2S. The second-order valence-corrected chi connectivity index (χ2v) is 7.29. The Kier molecular flexibility index (Phi) is 3.91. The van der Waals surface area contributed by atoms with Crippen molar-refractivity contribution in [3.8, 4) is 0 Å². The minimum Gasteiger partial charge on any atom is -0.369 e. The summed E-state index contributed by atoms with van der Waals surface area (Å²) in [6.45, 7) is 1.28. The minimum atomic E-state index is -4.55. The van der Waals surface area contributed by atoms with Crippen molar-refractivity contribution in [3.63, 3.8) is 0 Å². The van der Waals surface area contributed by atoms with E-state index in [2.05, 4.69) is 15.9 Å². The molecule has 1 unspecified atom stereocenters. The molecule has 1 aromatic rings. The van der Waals surface area contributed by atoms with E-state index in [1.54, 1.807) is 12.1 Å². The van der Waals surface area contributed by atoms with Crippen LogP contribution in [-0.2, 0) is 9.84 Å². The maximum Gasteiger partial charge on any atom is 0.341 e. The van der Waals surface area contributed by atoms with Crippen LogP contribution in [0.1, 0.15) is 6.42 Å². The van der Waals surface area contributed by atoms with Gasteiger partial charge in [-0.1, -0.05) is 28.1 Å². The van der Waals surface area contributed by atoms with Crippen molar-refractivity contribution in [2.75, 3.05) is 18.0 Å². The molecule has 3 nitrogen and oxygen atoms in total. The Labute approximate surface area is 113 Å². The molecule has 1 aliphatic heterocycles. The van der Waals surface area contributed by atoms with Crippen molar-refractivity contribution in [1.82, 2.24) is 0 Å². The summed E-state index contributed by atoms with van der Waals surface area (Å²) in [5.41, 5.74) is 0.361. The third kappa shape index (κ3) is 2.51. The number of hydrogen-bond acceptors (Lipinski definition) is 3. The largest absolute Gasteiger partial charge is 0.369 e. The third-order valence-corrected chi connectivity index (χ3v) is 5.05. The van der Waals surface area contributed by atoms with Gasteiger partial charge in [-0.2, -0.15) is 8.78 Å². The lowest BCUT2D eigenvalue weighted by atomic mass is 10.3. The number of halogens is 3. The molecule has 1 heterocycles. The highest BCUT2D eigenvalue weighted by Gasteiger charge is 2.32. The number of nitrogens with zero attached hydrogens (tertiary/aromatic N) is 1. The molecule has 0 N–H and O–H groups in total. The lowest BCUT2D eigenvalue weighted by molar-refractivity contribution is 0.235. The fourth-order valence-electron chi connectivity index (χ4n) is 1.99. The first kappa shape index (κ1) is 13.7. The zero-order valence-corrected chi connectivity index (χ0v) is 11.8. The van der Waals surface area contributed by atoms with E-state index >= 15 is 0 Å². The standard InChI is InChI=1S/C11H12BrF2NO2S/c12-8-5-6-15(7-8)9-3-1-2-4-10(9)18(16,17)11(13)14/h1-4,8,11H,5-7H2. The molecule has 0 saturated carbocycles. The Morgan fingerprint density at radius 2 is 2.00 bits per heavy atom. The normalized spacial score (nSPS) is 20.7. The predicted octanol–water partition coefficient (Wildman–Crippen LogP) is 2.66. The van der Waals surface area contributed by atoms with Gasteiger partial charge in [-0.3, -0.25) is 0 Å². The molecule has 0 aliphatic carbocycles. The SMILES string of the molecule is O=S(=O)(c1ccccc1N1CCC(Br)C1)C(F)F. The second kappa shape index (κ2) is 5.13. The maximum atomic E-state index is 12.6. The van der Waals surface area contributed by atoms with Gasteiger partial charge >= 0.3 is 5.76 Å². The topological polar surface area (TPSA) is 37.4 Å². The van der Waals surface area contributed by atoms with E-state index in [0.717, 1.165) is 6.42 Å². The summed E-state index contributed by atoms with van der Waals surface area (Å²) in [6, 6.07) is 5.92. The van der Waals surface area contributed by atoms with Crippen LogP contribution in [-0.4, -0.2) is 32.1 Å². The van der Waals surface area contributed by atoms with Gasteiger partial charge in [0.15, 0.2) is 0 Å². The smallest absolute Gasteiger partial charge is 0.341 e. The molecule has 0 radical (unpaired) electrons. The van der Waals surface area contributed by atoms with Gasteiger partial charge in [0.25, 0.3) is 0 Å². The van der Waals surface area contributed by atoms with E-state index in [1.807, 2.05) is 4.90 Å². The first-order valence-electron chi connectivity index (χ1n) is 5.43. The molecule has 1 fully saturated rings. The van der Waals surface area contributed by atoms with E-state index in [4.69, 9.17) is 0 Å². The van der Waals surface area contributed by atoms with Crippen LogP contribution >= 0.6 is 15.9 Å². The maximum absolute atomic E-state index is 12.6. The average molecular weight is 340 g/mol. The highest BCUT2D eigenvalue weighted by molar-refractivity contribution is 9.09. The van der Waals surface area contributed by atoms with Gasteiger partial charge in [0.05, 0.1) is 10.6 Å². The molecule has 0 bridgehead atoms. The molecule has 7 heteroatoms. The zero-order chi connectivity index (χ0) is 13.3. The lowest BCUT2D eigenvalue weighted by Crippen LogP contribution is -2.23. The minimum absolute atomic E-state index is 0.264. The Morgan fingerprint density at radius 3 is 2.56 bits per heavy atom. The quantitative estimate of drug-likeness (QED) is 0.794. The van der Waals surface area contributed by atoms with E-state index in [0.29, 0.717) is 18.8 Å². The van der Waals surface area contributed by atoms with Crippen LogP contribution in [0.2, 0.25) is 0 Å². The van der Waals surface area contributed by atoms with Crippen LogP contribution in [0.3, 0.4) is 0 Å². The van der Waals surface area contributed by atoms with Crippen molar-refractivity contribution in [1.29, 1.82) is 0 Å². The van der Waals surface area contributed by atoms with Gasteiger partial charge in [0, 0.05) is 17.9 Å². The van der Waals surface area contributed by atoms with Gasteiger partial charge in [-0.15, -0.1) is 0 Å². The summed E-state index contributed by atoms with van der Waals surface area (Å²) < 4.78 is 48.5. The number of sulfone groups is 1. The summed E-state index contributed by atoms with van der Waals surface area (Å²) in [7, 11) is -4.55. The monoisotopic (exact) mass is 339 g/mol. The van der Waals surface area contributed by atoms with Crippen molar-refractivity contribution in [2.24, 2.45) is 0 Å². The highest BCUT2D eigenvalue weighted by Crippen LogP contribution is 2.32. The molecule has 0 aromatic heterocycles. The van der Waals surface area contributed by atoms with Gasteiger partial charge in [-0.25, -0.2) is 8.42 Å². The average Bonchev–Trinajstić information content (AvgIpc) is 2.75. The predicted molar refractivity (Wildman–Crippen MR) is 69.2 cm³/mol. The fraction of sp³-hybridized carbons (Fsp3) is 0.455. The van der Waals surface area contributed by atoms with E-state index < -0.39 is 15.6 Å². The van der Waals surface area contributed by atoms with Gasteiger partial charge in [0.2, 0.25) is 9.84 Å². The van der Waals surface area contributed by atoms with Crippen LogP contribution in [0, 0.1) is 0 Å². The van der Waals surface area contributed by atoms with Crippen LogP contribution < -0.4 is 4.90 Å². The Balaban J connectivity index is 2.44. The molecule has 1 saturated heterocycles. The molecule has 1 aliphatic rings. The first-order chi connectivity index (χ1) is 8.43. The van der Waals surface area contributed by atoms with Crippen LogP contribution in [0.5, 0.6) is 0 Å². The van der Waals surface area contributed by atoms with E-state index in [9.17, 15) is 17.2 Å². The molecular weight excluding hydrogens is 328 g/mol. The van der Waals surface area contributed by atoms with Crippen molar-refractivity contribution in [3.05, 3.63) is 24.3 Å². The van der Waals surface area contributed by atoms with Gasteiger partial charge in [-0.05, 0) is 18.6 Å². The van der Waals surface area contributed by atoms with E-state index in [-0.39, 0.29) is 9.72 Å². The second-order valence-electron chi connectivity index (χ2n) is 4.11. The summed E-state index contributed by atoms with van der Waals surface area (Å²) in [4.78, 5) is 1.79. The molecule has 1 aromatic carbocycles. The fourth-order valence-corrected chi connectivity index (χ4v) is 3.49. The highest BCUT2D eigenvalue weighted by atomic mass is 79.9. The Bertz CT molecular complexity index is 536. The lowest BCUT2D eigenvalue weighted by Gasteiger charge is -2.21. The Morgan fingerprint density at radius 1 is 1.33 bits per heavy atom. The summed E-state index contributed by atoms with van der Waals surface area (Å²) in [5, 5.41) is 0. The van der Waals surface area contributed by atoms with E-state index in [1.165, 1.54) is 12.1 Å². The summed E-state index contributed by atoms with van der Waals surface area (Å²) in [6.07, 6.45) is 0.864. The number of benzene rings is 1. The van der Waals surface area contributed by atoms with Crippen molar-refractivity contribution in [2.45, 2.75) is 21.9 Å². The molecule has 2 rings (SSSR count). The first-order valence-corrected chi connectivity index (χ1v) is 7.89. The number of hydrogen-bond donors (Lipinski definition) is 0. The van der Waals surface area contributed by atoms with Crippen molar-refractivity contribution >= 4 is 31.5 Å². The number of anilines is 1. The molecule has 1 atom stereocenters. The molecule has 100 valence electrons. The number of para-hydroxylation sites is 1. The van der Waals surface area contributed by atoms with Gasteiger partial charge in [0.1, 0.15) is 0 Å². The number of alkyl halides is 3. The number of rotatable bonds is 3. The summed E-state index contributed by atoms with van der Waals surface area (Å²) in [5.74, 6) is -3.39.